The first-order valence-electron chi connectivity index (χ1n) is 5.73. The molecular formula is C13H13FN2O2. The number of amides is 1. The van der Waals surface area contributed by atoms with E-state index >= 15 is 0 Å². The maximum atomic E-state index is 12.8. The lowest BCUT2D eigenvalue weighted by Crippen LogP contribution is -2.28. The Hall–Kier alpha value is -2.00. The van der Waals surface area contributed by atoms with Gasteiger partial charge >= 0.3 is 0 Å². The van der Waals surface area contributed by atoms with Crippen molar-refractivity contribution in [2.75, 3.05) is 6.54 Å². The molecule has 5 heteroatoms. The number of halogens is 1. The largest absolute Gasteiger partial charge is 0.334 e. The molecule has 94 valence electrons. The third-order valence-electron chi connectivity index (χ3n) is 3.19. The number of nitrogens with zero attached hydrogens (tertiary/aromatic N) is 2. The summed E-state index contributed by atoms with van der Waals surface area (Å²) < 4.78 is 12.8. The fourth-order valence-corrected chi connectivity index (χ4v) is 2.17. The number of hydrogen-bond acceptors (Lipinski definition) is 3. The summed E-state index contributed by atoms with van der Waals surface area (Å²) in [4.78, 5) is 27.2. The number of likely N-dealkylation sites (tertiary alicyclic amines) is 1. The van der Waals surface area contributed by atoms with Crippen LogP contribution in [-0.4, -0.2) is 29.5 Å². The Balaban J connectivity index is 2.14. The topological polar surface area (TPSA) is 49.7 Å². The van der Waals surface area contributed by atoms with Crippen LogP contribution in [0.5, 0.6) is 0 Å². The molecule has 0 aromatic heterocycles. The number of carbonyl (C=O) groups excluding carboxylic acids is 2. The van der Waals surface area contributed by atoms with Crippen molar-refractivity contribution in [2.24, 2.45) is 4.99 Å². The second-order valence-electron chi connectivity index (χ2n) is 4.35. The molecule has 1 aliphatic heterocycles. The van der Waals surface area contributed by atoms with Crippen LogP contribution in [0.2, 0.25) is 0 Å². The number of carbonyl (C=O) groups is 1. The highest BCUT2D eigenvalue weighted by Crippen LogP contribution is 2.26. The molecular weight excluding hydrogens is 235 g/mol. The first-order valence-corrected chi connectivity index (χ1v) is 5.73. The van der Waals surface area contributed by atoms with Crippen LogP contribution in [0.4, 0.5) is 4.39 Å². The number of isocyanates is 1. The van der Waals surface area contributed by atoms with Crippen LogP contribution in [0, 0.1) is 5.82 Å². The molecule has 2 unspecified atom stereocenters. The summed E-state index contributed by atoms with van der Waals surface area (Å²) in [7, 11) is 0. The Kier molecular flexibility index (Phi) is 3.53. The summed E-state index contributed by atoms with van der Waals surface area (Å²) in [6, 6.07) is 5.59. The maximum absolute atomic E-state index is 12.8. The number of benzene rings is 1. The highest BCUT2D eigenvalue weighted by atomic mass is 19.1. The van der Waals surface area contributed by atoms with Crippen LogP contribution in [0.15, 0.2) is 29.3 Å². The van der Waals surface area contributed by atoms with Crippen molar-refractivity contribution in [3.63, 3.8) is 0 Å². The van der Waals surface area contributed by atoms with Crippen LogP contribution in [-0.2, 0) is 9.59 Å². The predicted molar refractivity (Wildman–Crippen MR) is 63.1 cm³/mol. The Morgan fingerprint density at radius 1 is 1.44 bits per heavy atom. The molecule has 0 radical (unpaired) electrons. The fraction of sp³-hybridized carbons (Fsp3) is 0.385. The van der Waals surface area contributed by atoms with E-state index in [0.717, 1.165) is 5.56 Å². The van der Waals surface area contributed by atoms with E-state index in [1.54, 1.807) is 17.0 Å². The third-order valence-corrected chi connectivity index (χ3v) is 3.19. The van der Waals surface area contributed by atoms with Crippen molar-refractivity contribution in [1.29, 1.82) is 0 Å². The minimum Gasteiger partial charge on any atom is -0.334 e. The normalized spacial score (nSPS) is 20.7. The Labute approximate surface area is 104 Å². The molecule has 1 heterocycles. The smallest absolute Gasteiger partial charge is 0.235 e. The molecule has 0 N–H and O–H groups in total. The van der Waals surface area contributed by atoms with Gasteiger partial charge in [-0.3, -0.25) is 4.79 Å². The maximum Gasteiger partial charge on any atom is 0.235 e. The molecule has 2 atom stereocenters. The van der Waals surface area contributed by atoms with Gasteiger partial charge in [-0.15, -0.1) is 0 Å². The quantitative estimate of drug-likeness (QED) is 0.605. The van der Waals surface area contributed by atoms with E-state index in [4.69, 9.17) is 0 Å². The molecule has 4 nitrogen and oxygen atoms in total. The fourth-order valence-electron chi connectivity index (χ4n) is 2.17. The van der Waals surface area contributed by atoms with E-state index in [1.807, 2.05) is 6.92 Å². The molecule has 1 aromatic rings. The SMILES string of the molecule is CC(c1ccc(F)cc1)N1CC(N=C=O)CC1=O. The molecule has 0 saturated carbocycles. The summed E-state index contributed by atoms with van der Waals surface area (Å²) in [5, 5.41) is 0. The number of aliphatic imine (C=N–C) groups is 1. The number of rotatable bonds is 3. The van der Waals surface area contributed by atoms with Crippen molar-refractivity contribution in [2.45, 2.75) is 25.4 Å². The van der Waals surface area contributed by atoms with Crippen LogP contribution in [0.3, 0.4) is 0 Å². The molecule has 1 saturated heterocycles. The predicted octanol–water partition coefficient (Wildman–Crippen LogP) is 1.82. The van der Waals surface area contributed by atoms with Crippen molar-refractivity contribution in [3.8, 4) is 0 Å². The van der Waals surface area contributed by atoms with Gasteiger partial charge in [0.1, 0.15) is 5.82 Å². The summed E-state index contributed by atoms with van der Waals surface area (Å²) in [5.74, 6) is -0.349. The van der Waals surface area contributed by atoms with Crippen molar-refractivity contribution < 1.29 is 14.0 Å². The van der Waals surface area contributed by atoms with Gasteiger partial charge in [-0.25, -0.2) is 14.2 Å². The lowest BCUT2D eigenvalue weighted by atomic mass is 10.1. The van der Waals surface area contributed by atoms with E-state index in [1.165, 1.54) is 18.2 Å². The summed E-state index contributed by atoms with van der Waals surface area (Å²) in [6.07, 6.45) is 1.72. The zero-order chi connectivity index (χ0) is 13.1. The van der Waals surface area contributed by atoms with Crippen molar-refractivity contribution in [1.82, 2.24) is 4.90 Å². The Morgan fingerprint density at radius 2 is 2.11 bits per heavy atom. The highest BCUT2D eigenvalue weighted by molar-refractivity contribution is 5.80. The third kappa shape index (κ3) is 2.46. The van der Waals surface area contributed by atoms with Crippen molar-refractivity contribution in [3.05, 3.63) is 35.6 Å². The first kappa shape index (κ1) is 12.5. The van der Waals surface area contributed by atoms with Gasteiger partial charge in [-0.05, 0) is 24.6 Å². The second kappa shape index (κ2) is 5.10. The van der Waals surface area contributed by atoms with Crippen molar-refractivity contribution >= 4 is 12.0 Å². The highest BCUT2D eigenvalue weighted by Gasteiger charge is 2.33. The number of hydrogen-bond donors (Lipinski definition) is 0. The zero-order valence-electron chi connectivity index (χ0n) is 9.97. The Morgan fingerprint density at radius 3 is 2.72 bits per heavy atom. The standard InChI is InChI=1S/C13H13FN2O2/c1-9(10-2-4-11(14)5-3-10)16-7-12(15-8-17)6-13(16)18/h2-5,9,12H,6-7H2,1H3. The van der Waals surface area contributed by atoms with E-state index in [9.17, 15) is 14.0 Å². The molecule has 1 aromatic carbocycles. The summed E-state index contributed by atoms with van der Waals surface area (Å²) in [6.45, 7) is 2.28. The van der Waals surface area contributed by atoms with Crippen LogP contribution in [0.25, 0.3) is 0 Å². The first-order chi connectivity index (χ1) is 8.61. The monoisotopic (exact) mass is 248 g/mol. The van der Waals surface area contributed by atoms with E-state index < -0.39 is 0 Å². The summed E-state index contributed by atoms with van der Waals surface area (Å²) in [5.41, 5.74) is 0.862. The van der Waals surface area contributed by atoms with E-state index in [-0.39, 0.29) is 30.2 Å². The van der Waals surface area contributed by atoms with E-state index in [2.05, 4.69) is 4.99 Å². The van der Waals surface area contributed by atoms with Gasteiger partial charge in [-0.2, -0.15) is 0 Å². The average Bonchev–Trinajstić information content (AvgIpc) is 2.71. The van der Waals surface area contributed by atoms with Gasteiger partial charge < -0.3 is 4.90 Å². The van der Waals surface area contributed by atoms with Gasteiger partial charge in [-0.1, -0.05) is 12.1 Å². The van der Waals surface area contributed by atoms with Crippen LogP contribution >= 0.6 is 0 Å². The molecule has 1 aliphatic rings. The van der Waals surface area contributed by atoms with Crippen LogP contribution in [0.1, 0.15) is 24.9 Å². The van der Waals surface area contributed by atoms with Gasteiger partial charge in [0.05, 0.1) is 18.5 Å². The molecule has 0 spiro atoms. The van der Waals surface area contributed by atoms with Gasteiger partial charge in [0.2, 0.25) is 12.0 Å². The van der Waals surface area contributed by atoms with Crippen LogP contribution < -0.4 is 0 Å². The zero-order valence-corrected chi connectivity index (χ0v) is 9.97. The molecule has 1 fully saturated rings. The lowest BCUT2D eigenvalue weighted by Gasteiger charge is -2.24. The lowest BCUT2D eigenvalue weighted by molar-refractivity contribution is -0.129. The second-order valence-corrected chi connectivity index (χ2v) is 4.35. The van der Waals surface area contributed by atoms with E-state index in [0.29, 0.717) is 6.54 Å². The molecule has 0 bridgehead atoms. The Bertz CT molecular complexity index is 494. The van der Waals surface area contributed by atoms with Gasteiger partial charge in [0.15, 0.2) is 0 Å². The molecule has 1 amide bonds. The van der Waals surface area contributed by atoms with Gasteiger partial charge in [0, 0.05) is 6.54 Å². The van der Waals surface area contributed by atoms with Gasteiger partial charge in [0.25, 0.3) is 0 Å². The molecule has 0 aliphatic carbocycles. The minimum absolute atomic E-state index is 0.0455. The summed E-state index contributed by atoms with van der Waals surface area (Å²) >= 11 is 0. The average molecular weight is 248 g/mol. The molecule has 2 rings (SSSR count). The molecule has 18 heavy (non-hydrogen) atoms. The minimum atomic E-state index is -0.308.